The van der Waals surface area contributed by atoms with Crippen molar-refractivity contribution < 1.29 is 23.4 Å². The Bertz CT molecular complexity index is 702. The second-order valence-corrected chi connectivity index (χ2v) is 5.64. The monoisotopic (exact) mass is 310 g/mol. The van der Waals surface area contributed by atoms with Gasteiger partial charge in [0.1, 0.15) is 5.75 Å². The number of aromatic nitrogens is 1. The summed E-state index contributed by atoms with van der Waals surface area (Å²) in [5.41, 5.74) is -0.0139. The number of carboxylic acids is 1. The van der Waals surface area contributed by atoms with Crippen LogP contribution in [-0.4, -0.2) is 36.6 Å². The number of sulfonamides is 1. The van der Waals surface area contributed by atoms with Gasteiger partial charge in [-0.25, -0.2) is 17.9 Å². The number of hydrogen-bond donors (Lipinski definition) is 3. The number of pyridine rings is 1. The average Bonchev–Trinajstić information content (AvgIpc) is 2.49. The Morgan fingerprint density at radius 2 is 1.81 bits per heavy atom. The van der Waals surface area contributed by atoms with E-state index in [1.165, 1.54) is 19.4 Å². The van der Waals surface area contributed by atoms with E-state index in [4.69, 9.17) is 10.2 Å². The third-order valence-corrected chi connectivity index (χ3v) is 3.72. The molecule has 8 heteroatoms. The lowest BCUT2D eigenvalue weighted by Gasteiger charge is -1.99. The Labute approximate surface area is 122 Å². The quantitative estimate of drug-likeness (QED) is 0.781. The van der Waals surface area contributed by atoms with Crippen LogP contribution in [0.1, 0.15) is 10.4 Å². The first-order valence-electron chi connectivity index (χ1n) is 5.72. The molecule has 2 rings (SSSR count). The maximum absolute atomic E-state index is 11.1. The molecular formula is C13H14N2O5S. The molecule has 1 heterocycles. The number of hydrogen-bond acceptors (Lipinski definition) is 5. The molecule has 0 aliphatic rings. The molecule has 0 spiro atoms. The van der Waals surface area contributed by atoms with Crippen molar-refractivity contribution in [3.05, 3.63) is 54.4 Å². The van der Waals surface area contributed by atoms with Crippen molar-refractivity contribution in [1.82, 2.24) is 9.71 Å². The molecular weight excluding hydrogens is 296 g/mol. The first-order chi connectivity index (χ1) is 9.86. The molecule has 0 bridgehead atoms. The molecule has 0 atom stereocenters. The van der Waals surface area contributed by atoms with Crippen LogP contribution in [0.4, 0.5) is 0 Å². The van der Waals surface area contributed by atoms with Crippen LogP contribution >= 0.6 is 0 Å². The van der Waals surface area contributed by atoms with Crippen LogP contribution in [0.3, 0.4) is 0 Å². The van der Waals surface area contributed by atoms with Gasteiger partial charge in [0.05, 0.1) is 16.7 Å². The van der Waals surface area contributed by atoms with Gasteiger partial charge in [0.2, 0.25) is 10.0 Å². The third kappa shape index (κ3) is 5.21. The average molecular weight is 310 g/mol. The Hall–Kier alpha value is -2.45. The van der Waals surface area contributed by atoms with Crippen LogP contribution < -0.4 is 4.72 Å². The molecule has 21 heavy (non-hydrogen) atoms. The highest BCUT2D eigenvalue weighted by Crippen LogP contribution is 2.07. The van der Waals surface area contributed by atoms with Gasteiger partial charge < -0.3 is 10.2 Å². The van der Waals surface area contributed by atoms with Crippen molar-refractivity contribution in [3.8, 4) is 5.75 Å². The summed E-state index contributed by atoms with van der Waals surface area (Å²) in [6.45, 7) is 0. The largest absolute Gasteiger partial charge is 0.506 e. The van der Waals surface area contributed by atoms with Gasteiger partial charge in [0.15, 0.2) is 0 Å². The van der Waals surface area contributed by atoms with Crippen molar-refractivity contribution in [2.45, 2.75) is 4.90 Å². The Morgan fingerprint density at radius 1 is 1.19 bits per heavy atom. The van der Waals surface area contributed by atoms with E-state index < -0.39 is 16.0 Å². The lowest BCUT2D eigenvalue weighted by Crippen LogP contribution is -2.18. The fourth-order valence-electron chi connectivity index (χ4n) is 1.26. The van der Waals surface area contributed by atoms with Crippen LogP contribution in [0.15, 0.2) is 53.7 Å². The van der Waals surface area contributed by atoms with Crippen LogP contribution in [0.25, 0.3) is 0 Å². The molecule has 0 saturated heterocycles. The maximum Gasteiger partial charge on any atom is 0.337 e. The zero-order valence-corrected chi connectivity index (χ0v) is 11.9. The van der Waals surface area contributed by atoms with E-state index in [1.54, 1.807) is 30.3 Å². The lowest BCUT2D eigenvalue weighted by molar-refractivity contribution is 0.0696. The van der Waals surface area contributed by atoms with E-state index in [-0.39, 0.29) is 11.3 Å². The molecule has 0 radical (unpaired) electrons. The summed E-state index contributed by atoms with van der Waals surface area (Å²) in [4.78, 5) is 14.0. The van der Waals surface area contributed by atoms with Crippen molar-refractivity contribution in [1.29, 1.82) is 0 Å². The van der Waals surface area contributed by atoms with E-state index in [9.17, 15) is 13.2 Å². The van der Waals surface area contributed by atoms with Gasteiger partial charge in [-0.15, -0.1) is 0 Å². The molecule has 0 aliphatic heterocycles. The highest BCUT2D eigenvalue weighted by Gasteiger charge is 2.08. The molecule has 112 valence electrons. The fraction of sp³-hybridized carbons (Fsp3) is 0.0769. The van der Waals surface area contributed by atoms with Crippen molar-refractivity contribution in [2.75, 3.05) is 7.05 Å². The van der Waals surface area contributed by atoms with Gasteiger partial charge in [0, 0.05) is 6.20 Å². The smallest absolute Gasteiger partial charge is 0.337 e. The second kappa shape index (κ2) is 7.36. The number of nitrogens with one attached hydrogen (secondary N) is 1. The molecule has 2 aromatic rings. The van der Waals surface area contributed by atoms with Gasteiger partial charge in [-0.05, 0) is 25.2 Å². The van der Waals surface area contributed by atoms with Crippen LogP contribution in [-0.2, 0) is 10.0 Å². The van der Waals surface area contributed by atoms with Crippen LogP contribution in [0, 0.1) is 0 Å². The molecule has 0 amide bonds. The maximum atomic E-state index is 11.1. The highest BCUT2D eigenvalue weighted by atomic mass is 32.2. The molecule has 0 unspecified atom stereocenters. The minimum atomic E-state index is -3.25. The predicted molar refractivity (Wildman–Crippen MR) is 75.5 cm³/mol. The molecule has 3 N–H and O–H groups in total. The summed E-state index contributed by atoms with van der Waals surface area (Å²) in [6, 6.07) is 9.37. The summed E-state index contributed by atoms with van der Waals surface area (Å²) < 4.78 is 24.4. The molecule has 7 nitrogen and oxygen atoms in total. The summed E-state index contributed by atoms with van der Waals surface area (Å²) in [5.74, 6) is -1.23. The first-order valence-corrected chi connectivity index (χ1v) is 7.21. The third-order valence-electron chi connectivity index (χ3n) is 2.29. The zero-order valence-electron chi connectivity index (χ0n) is 11.1. The van der Waals surface area contributed by atoms with Crippen molar-refractivity contribution in [2.24, 2.45) is 0 Å². The van der Waals surface area contributed by atoms with E-state index in [2.05, 4.69) is 9.71 Å². The minimum Gasteiger partial charge on any atom is -0.506 e. The predicted octanol–water partition coefficient (Wildman–Crippen LogP) is 1.08. The Morgan fingerprint density at radius 3 is 2.24 bits per heavy atom. The van der Waals surface area contributed by atoms with E-state index in [0.29, 0.717) is 4.90 Å². The first kappa shape index (κ1) is 16.6. The lowest BCUT2D eigenvalue weighted by atomic mass is 10.3. The molecule has 1 aromatic heterocycles. The molecule has 1 aromatic carbocycles. The Kier molecular flexibility index (Phi) is 5.82. The van der Waals surface area contributed by atoms with Gasteiger partial charge in [-0.3, -0.25) is 4.98 Å². The molecule has 0 saturated carbocycles. The summed E-state index contributed by atoms with van der Waals surface area (Å²) in [7, 11) is -1.86. The number of nitrogens with zero attached hydrogens (tertiary/aromatic N) is 1. The van der Waals surface area contributed by atoms with Crippen molar-refractivity contribution >= 4 is 16.0 Å². The highest BCUT2D eigenvalue weighted by molar-refractivity contribution is 7.89. The summed E-state index contributed by atoms with van der Waals surface area (Å²) in [5, 5.41) is 17.1. The van der Waals surface area contributed by atoms with Crippen molar-refractivity contribution in [3.63, 3.8) is 0 Å². The van der Waals surface area contributed by atoms with Crippen LogP contribution in [0.5, 0.6) is 5.75 Å². The SMILES string of the molecule is CNS(=O)(=O)c1ccccc1.O=C(O)c1cncc(O)c1. The number of aromatic carboxylic acids is 1. The van der Waals surface area contributed by atoms with Gasteiger partial charge >= 0.3 is 5.97 Å². The second-order valence-electron chi connectivity index (χ2n) is 3.76. The number of aromatic hydroxyl groups is 1. The van der Waals surface area contributed by atoms with Gasteiger partial charge in [-0.2, -0.15) is 0 Å². The van der Waals surface area contributed by atoms with Gasteiger partial charge in [0.25, 0.3) is 0 Å². The number of carboxylic acid groups (broad SMARTS) is 1. The minimum absolute atomic E-state index is 0.0139. The normalized spacial score (nSPS) is 10.3. The number of carbonyl (C=O) groups is 1. The van der Waals surface area contributed by atoms with Gasteiger partial charge in [-0.1, -0.05) is 18.2 Å². The van der Waals surface area contributed by atoms with E-state index in [0.717, 1.165) is 6.07 Å². The topological polar surface area (TPSA) is 117 Å². The van der Waals surface area contributed by atoms with Crippen LogP contribution in [0.2, 0.25) is 0 Å². The molecule has 0 aliphatic carbocycles. The van der Waals surface area contributed by atoms with E-state index in [1.807, 2.05) is 0 Å². The van der Waals surface area contributed by atoms with E-state index >= 15 is 0 Å². The Balaban J connectivity index is 0.000000211. The fourth-order valence-corrected chi connectivity index (χ4v) is 2.01. The molecule has 0 fully saturated rings. The number of rotatable bonds is 3. The summed E-state index contributed by atoms with van der Waals surface area (Å²) in [6.07, 6.45) is 2.34. The standard InChI is InChI=1S/C7H9NO2S.C6H5NO3/c1-8-11(9,10)7-5-3-2-4-6-7;8-5-1-4(6(9)10)2-7-3-5/h2-6,8H,1H3;1-3,8H,(H,9,10). The zero-order chi connectivity index (χ0) is 15.9. The number of benzene rings is 1. The summed E-state index contributed by atoms with van der Waals surface area (Å²) >= 11 is 0.